The van der Waals surface area contributed by atoms with Crippen molar-refractivity contribution >= 4 is 35.0 Å². The Balaban J connectivity index is 2.36. The third-order valence-electron chi connectivity index (χ3n) is 2.56. The molecule has 0 spiro atoms. The van der Waals surface area contributed by atoms with Crippen LogP contribution in [0.3, 0.4) is 0 Å². The van der Waals surface area contributed by atoms with Crippen LogP contribution < -0.4 is 5.32 Å². The average molecular weight is 288 g/mol. The summed E-state index contributed by atoms with van der Waals surface area (Å²) in [6, 6.07) is 4.75. The molecular formula is C13H18ClNO2S. The maximum absolute atomic E-state index is 10.7. The van der Waals surface area contributed by atoms with Crippen molar-refractivity contribution in [2.75, 3.05) is 23.9 Å². The Morgan fingerprint density at radius 2 is 2.17 bits per heavy atom. The molecule has 0 heterocycles. The number of nitrogens with one attached hydrogen (secondary N) is 1. The number of anilines is 1. The fraction of sp³-hybridized carbons (Fsp3) is 0.462. The Labute approximate surface area is 117 Å². The van der Waals surface area contributed by atoms with E-state index in [0.717, 1.165) is 18.7 Å². The number of hydrogen-bond donors (Lipinski definition) is 2. The molecule has 0 unspecified atom stereocenters. The van der Waals surface area contributed by atoms with Crippen LogP contribution in [-0.4, -0.2) is 29.6 Å². The fourth-order valence-electron chi connectivity index (χ4n) is 1.56. The van der Waals surface area contributed by atoms with E-state index in [1.54, 1.807) is 12.1 Å². The molecule has 3 nitrogen and oxygen atoms in total. The zero-order valence-electron chi connectivity index (χ0n) is 10.4. The second-order valence-electron chi connectivity index (χ2n) is 3.98. The highest BCUT2D eigenvalue weighted by molar-refractivity contribution is 7.98. The first-order chi connectivity index (χ1) is 8.65. The van der Waals surface area contributed by atoms with E-state index < -0.39 is 5.97 Å². The lowest BCUT2D eigenvalue weighted by Gasteiger charge is -2.08. The van der Waals surface area contributed by atoms with Crippen molar-refractivity contribution in [1.29, 1.82) is 0 Å². The van der Waals surface area contributed by atoms with Crippen molar-refractivity contribution in [3.05, 3.63) is 28.8 Å². The molecule has 0 aliphatic heterocycles. The Kier molecular flexibility index (Phi) is 6.98. The lowest BCUT2D eigenvalue weighted by molar-refractivity contribution is 0.0697. The first-order valence-electron chi connectivity index (χ1n) is 5.91. The van der Waals surface area contributed by atoms with Crippen LogP contribution in [0.25, 0.3) is 0 Å². The number of benzene rings is 1. The van der Waals surface area contributed by atoms with E-state index >= 15 is 0 Å². The number of thioether (sulfide) groups is 1. The van der Waals surface area contributed by atoms with Gasteiger partial charge in [-0.25, -0.2) is 4.79 Å². The summed E-state index contributed by atoms with van der Waals surface area (Å²) in [4.78, 5) is 10.7. The molecule has 0 aliphatic carbocycles. The number of aromatic carboxylic acids is 1. The van der Waals surface area contributed by atoms with E-state index in [9.17, 15) is 4.79 Å². The van der Waals surface area contributed by atoms with Gasteiger partial charge < -0.3 is 10.4 Å². The summed E-state index contributed by atoms with van der Waals surface area (Å²) in [6.45, 7) is 0.862. The summed E-state index contributed by atoms with van der Waals surface area (Å²) in [6.07, 6.45) is 5.63. The molecule has 0 atom stereocenters. The van der Waals surface area contributed by atoms with E-state index in [1.807, 2.05) is 11.8 Å². The van der Waals surface area contributed by atoms with Gasteiger partial charge in [0.2, 0.25) is 0 Å². The molecule has 2 N–H and O–H groups in total. The number of hydrogen-bond acceptors (Lipinski definition) is 3. The molecule has 1 rings (SSSR count). The van der Waals surface area contributed by atoms with Crippen molar-refractivity contribution < 1.29 is 9.90 Å². The third kappa shape index (κ3) is 5.19. The minimum Gasteiger partial charge on any atom is -0.478 e. The maximum atomic E-state index is 10.7. The van der Waals surface area contributed by atoms with Crippen LogP contribution in [0.2, 0.25) is 5.02 Å². The van der Waals surface area contributed by atoms with Gasteiger partial charge in [-0.05, 0) is 43.0 Å². The summed E-state index contributed by atoms with van der Waals surface area (Å²) in [5.41, 5.74) is 1.01. The Morgan fingerprint density at radius 1 is 1.39 bits per heavy atom. The molecular weight excluding hydrogens is 270 g/mol. The Hall–Kier alpha value is -0.870. The topological polar surface area (TPSA) is 49.3 Å². The van der Waals surface area contributed by atoms with Gasteiger partial charge in [-0.15, -0.1) is 0 Å². The molecule has 0 radical (unpaired) electrons. The van der Waals surface area contributed by atoms with Crippen molar-refractivity contribution in [2.45, 2.75) is 19.3 Å². The van der Waals surface area contributed by atoms with E-state index in [0.29, 0.717) is 5.02 Å². The highest BCUT2D eigenvalue weighted by atomic mass is 35.5. The predicted octanol–water partition coefficient (Wildman–Crippen LogP) is 3.98. The van der Waals surface area contributed by atoms with Crippen molar-refractivity contribution in [3.63, 3.8) is 0 Å². The second kappa shape index (κ2) is 8.27. The van der Waals surface area contributed by atoms with Gasteiger partial charge in [0.15, 0.2) is 0 Å². The molecule has 1 aromatic carbocycles. The van der Waals surface area contributed by atoms with Gasteiger partial charge in [0.05, 0.1) is 16.3 Å². The minimum atomic E-state index is -0.958. The number of carboxylic acids is 1. The van der Waals surface area contributed by atoms with Crippen molar-refractivity contribution in [3.8, 4) is 0 Å². The standard InChI is InChI=1S/C13H18ClNO2S/c1-18-8-4-2-3-7-15-12-6-5-10(13(16)17)9-11(12)14/h5-6,9,15H,2-4,7-8H2,1H3,(H,16,17). The van der Waals surface area contributed by atoms with E-state index in [2.05, 4.69) is 11.6 Å². The van der Waals surface area contributed by atoms with Gasteiger partial charge in [-0.2, -0.15) is 11.8 Å². The molecule has 18 heavy (non-hydrogen) atoms. The number of unbranched alkanes of at least 4 members (excludes halogenated alkanes) is 2. The lowest BCUT2D eigenvalue weighted by atomic mass is 10.2. The van der Waals surface area contributed by atoms with Gasteiger partial charge >= 0.3 is 5.97 Å². The summed E-state index contributed by atoms with van der Waals surface area (Å²) >= 11 is 7.87. The molecule has 0 aliphatic rings. The average Bonchev–Trinajstić information content (AvgIpc) is 2.35. The van der Waals surface area contributed by atoms with Crippen LogP contribution in [0, 0.1) is 0 Å². The summed E-state index contributed by atoms with van der Waals surface area (Å²) in [7, 11) is 0. The van der Waals surface area contributed by atoms with Crippen LogP contribution in [0.5, 0.6) is 0 Å². The summed E-state index contributed by atoms with van der Waals surface area (Å²) in [5, 5.41) is 12.5. The monoisotopic (exact) mass is 287 g/mol. The molecule has 0 amide bonds. The van der Waals surface area contributed by atoms with Crippen molar-refractivity contribution in [1.82, 2.24) is 0 Å². The second-order valence-corrected chi connectivity index (χ2v) is 5.37. The van der Waals surface area contributed by atoms with Crippen LogP contribution in [0.1, 0.15) is 29.6 Å². The van der Waals surface area contributed by atoms with Crippen LogP contribution in [-0.2, 0) is 0 Å². The largest absolute Gasteiger partial charge is 0.478 e. The molecule has 0 fully saturated rings. The quantitative estimate of drug-likeness (QED) is 0.710. The highest BCUT2D eigenvalue weighted by Crippen LogP contribution is 2.23. The smallest absolute Gasteiger partial charge is 0.335 e. The molecule has 0 aromatic heterocycles. The Bertz CT molecular complexity index is 399. The van der Waals surface area contributed by atoms with Crippen LogP contribution >= 0.6 is 23.4 Å². The molecule has 0 bridgehead atoms. The van der Waals surface area contributed by atoms with Gasteiger partial charge in [0, 0.05) is 6.54 Å². The number of carbonyl (C=O) groups is 1. The summed E-state index contributed by atoms with van der Waals surface area (Å²) in [5.74, 6) is 0.245. The number of halogens is 1. The normalized spacial score (nSPS) is 10.3. The molecule has 0 saturated carbocycles. The number of carboxylic acid groups (broad SMARTS) is 1. The zero-order valence-corrected chi connectivity index (χ0v) is 12.0. The van der Waals surface area contributed by atoms with Crippen molar-refractivity contribution in [2.24, 2.45) is 0 Å². The van der Waals surface area contributed by atoms with Crippen LogP contribution in [0.4, 0.5) is 5.69 Å². The van der Waals surface area contributed by atoms with E-state index in [4.69, 9.17) is 16.7 Å². The SMILES string of the molecule is CSCCCCCNc1ccc(C(=O)O)cc1Cl. The molecule has 100 valence electrons. The van der Waals surface area contributed by atoms with Gasteiger partial charge in [0.25, 0.3) is 0 Å². The predicted molar refractivity (Wildman–Crippen MR) is 79.1 cm³/mol. The van der Waals surface area contributed by atoms with E-state index in [1.165, 1.54) is 24.7 Å². The highest BCUT2D eigenvalue weighted by Gasteiger charge is 2.06. The van der Waals surface area contributed by atoms with E-state index in [-0.39, 0.29) is 5.56 Å². The minimum absolute atomic E-state index is 0.213. The van der Waals surface area contributed by atoms with Gasteiger partial charge in [-0.1, -0.05) is 18.0 Å². The molecule has 1 aromatic rings. The third-order valence-corrected chi connectivity index (χ3v) is 3.57. The molecule has 0 saturated heterocycles. The zero-order chi connectivity index (χ0) is 13.4. The summed E-state index contributed by atoms with van der Waals surface area (Å²) < 4.78 is 0. The first-order valence-corrected chi connectivity index (χ1v) is 7.68. The van der Waals surface area contributed by atoms with Gasteiger partial charge in [0.1, 0.15) is 0 Å². The fourth-order valence-corrected chi connectivity index (χ4v) is 2.30. The van der Waals surface area contributed by atoms with Crippen LogP contribution in [0.15, 0.2) is 18.2 Å². The number of rotatable bonds is 8. The van der Waals surface area contributed by atoms with Gasteiger partial charge in [-0.3, -0.25) is 0 Å². The lowest BCUT2D eigenvalue weighted by Crippen LogP contribution is -2.03. The molecule has 5 heteroatoms. The first kappa shape index (κ1) is 15.2. The Morgan fingerprint density at radius 3 is 2.78 bits per heavy atom. The maximum Gasteiger partial charge on any atom is 0.335 e.